The number of nitrogens with zero attached hydrogens (tertiary/aromatic N) is 2. The summed E-state index contributed by atoms with van der Waals surface area (Å²) in [5, 5.41) is 3.04. The lowest BCUT2D eigenvalue weighted by Gasteiger charge is -2.25. The number of hydrogen-bond acceptors (Lipinski definition) is 5. The molecule has 2 aromatic rings. The average molecular weight is 386 g/mol. The van der Waals surface area contributed by atoms with E-state index in [2.05, 4.69) is 10.2 Å². The predicted molar refractivity (Wildman–Crippen MR) is 112 cm³/mol. The van der Waals surface area contributed by atoms with Gasteiger partial charge in [-0.2, -0.15) is 0 Å². The Bertz CT molecular complexity index is 745. The zero-order chi connectivity index (χ0) is 20.5. The minimum Gasteiger partial charge on any atom is -0.497 e. The zero-order valence-corrected chi connectivity index (χ0v) is 17.4. The summed E-state index contributed by atoms with van der Waals surface area (Å²) in [6.45, 7) is 1.81. The van der Waals surface area contributed by atoms with Gasteiger partial charge in [-0.25, -0.2) is 0 Å². The number of para-hydroxylation sites is 1. The van der Waals surface area contributed by atoms with Crippen molar-refractivity contribution in [1.82, 2.24) is 15.1 Å². The summed E-state index contributed by atoms with van der Waals surface area (Å²) in [6.07, 6.45) is 0. The first kappa shape index (κ1) is 21.7. The van der Waals surface area contributed by atoms with Crippen molar-refractivity contribution in [1.29, 1.82) is 0 Å². The third-order valence-electron chi connectivity index (χ3n) is 4.51. The predicted octanol–water partition coefficient (Wildman–Crippen LogP) is 2.67. The summed E-state index contributed by atoms with van der Waals surface area (Å²) in [5.74, 6) is 1.28. The van der Waals surface area contributed by atoms with Crippen LogP contribution in [0.5, 0.6) is 11.5 Å². The lowest BCUT2D eigenvalue weighted by molar-refractivity contribution is 0.0937. The fourth-order valence-electron chi connectivity index (χ4n) is 2.83. The van der Waals surface area contributed by atoms with E-state index >= 15 is 0 Å². The average Bonchev–Trinajstić information content (AvgIpc) is 2.68. The first-order valence-electron chi connectivity index (χ1n) is 9.37. The van der Waals surface area contributed by atoms with E-state index in [0.29, 0.717) is 24.5 Å². The van der Waals surface area contributed by atoms with Gasteiger partial charge in [0.05, 0.1) is 18.7 Å². The smallest absolute Gasteiger partial charge is 0.255 e. The first-order valence-corrected chi connectivity index (χ1v) is 9.37. The van der Waals surface area contributed by atoms with Gasteiger partial charge in [-0.15, -0.1) is 0 Å². The van der Waals surface area contributed by atoms with Gasteiger partial charge in [-0.3, -0.25) is 4.79 Å². The molecule has 0 saturated heterocycles. The molecule has 1 atom stereocenters. The highest BCUT2D eigenvalue weighted by Crippen LogP contribution is 2.22. The van der Waals surface area contributed by atoms with Crippen LogP contribution in [0.15, 0.2) is 48.5 Å². The lowest BCUT2D eigenvalue weighted by atomic mass is 10.1. The third-order valence-corrected chi connectivity index (χ3v) is 4.51. The number of amides is 1. The van der Waals surface area contributed by atoms with Crippen LogP contribution in [0, 0.1) is 0 Å². The van der Waals surface area contributed by atoms with Crippen LogP contribution >= 0.6 is 0 Å². The van der Waals surface area contributed by atoms with E-state index < -0.39 is 0 Å². The second-order valence-corrected chi connectivity index (χ2v) is 7.11. The maximum absolute atomic E-state index is 12.8. The van der Waals surface area contributed by atoms with Gasteiger partial charge in [0.2, 0.25) is 0 Å². The molecule has 0 bridgehead atoms. The van der Waals surface area contributed by atoms with Crippen molar-refractivity contribution in [3.8, 4) is 11.5 Å². The van der Waals surface area contributed by atoms with Gasteiger partial charge in [0.1, 0.15) is 18.1 Å². The third kappa shape index (κ3) is 6.25. The fraction of sp³-hybridized carbons (Fsp3) is 0.409. The molecule has 0 fully saturated rings. The minimum absolute atomic E-state index is 0.0525. The maximum Gasteiger partial charge on any atom is 0.255 e. The Morgan fingerprint density at radius 3 is 2.32 bits per heavy atom. The van der Waals surface area contributed by atoms with E-state index in [0.717, 1.165) is 17.9 Å². The summed E-state index contributed by atoms with van der Waals surface area (Å²) < 4.78 is 11.0. The Morgan fingerprint density at radius 1 is 1.04 bits per heavy atom. The molecule has 28 heavy (non-hydrogen) atoms. The fourth-order valence-corrected chi connectivity index (χ4v) is 2.83. The molecule has 0 aliphatic heterocycles. The van der Waals surface area contributed by atoms with Crippen LogP contribution in [0.1, 0.15) is 22.0 Å². The van der Waals surface area contributed by atoms with E-state index in [4.69, 9.17) is 9.47 Å². The van der Waals surface area contributed by atoms with Crippen molar-refractivity contribution in [3.05, 3.63) is 59.7 Å². The molecule has 1 N–H and O–H groups in total. The van der Waals surface area contributed by atoms with Gasteiger partial charge in [-0.1, -0.05) is 24.3 Å². The normalized spacial score (nSPS) is 12.1. The standard InChI is InChI=1S/C22H31N3O3/c1-24(2)14-15-28-21-9-7-6-8-19(21)22(26)23-16-20(25(3)4)17-10-12-18(27-5)13-11-17/h6-13,20H,14-16H2,1-5H3,(H,23,26). The highest BCUT2D eigenvalue weighted by Gasteiger charge is 2.18. The van der Waals surface area contributed by atoms with Crippen LogP contribution in [0.2, 0.25) is 0 Å². The molecule has 152 valence electrons. The largest absolute Gasteiger partial charge is 0.497 e. The van der Waals surface area contributed by atoms with E-state index in [9.17, 15) is 4.79 Å². The van der Waals surface area contributed by atoms with E-state index in [-0.39, 0.29) is 11.9 Å². The van der Waals surface area contributed by atoms with Gasteiger partial charge in [0.25, 0.3) is 5.91 Å². The van der Waals surface area contributed by atoms with Crippen molar-refractivity contribution in [3.63, 3.8) is 0 Å². The van der Waals surface area contributed by atoms with Gasteiger partial charge in [0.15, 0.2) is 0 Å². The number of nitrogens with one attached hydrogen (secondary N) is 1. The molecular weight excluding hydrogens is 354 g/mol. The Balaban J connectivity index is 2.04. The quantitative estimate of drug-likeness (QED) is 0.681. The molecule has 6 nitrogen and oxygen atoms in total. The van der Waals surface area contributed by atoms with Gasteiger partial charge < -0.3 is 24.6 Å². The topological polar surface area (TPSA) is 54.0 Å². The second kappa shape index (κ2) is 10.7. The van der Waals surface area contributed by atoms with E-state index in [1.807, 2.05) is 75.6 Å². The van der Waals surface area contributed by atoms with Crippen molar-refractivity contribution < 1.29 is 14.3 Å². The Labute approximate surface area is 168 Å². The minimum atomic E-state index is -0.138. The van der Waals surface area contributed by atoms with Gasteiger partial charge in [0, 0.05) is 13.1 Å². The Hall–Kier alpha value is -2.57. The van der Waals surface area contributed by atoms with Crippen molar-refractivity contribution >= 4 is 5.91 Å². The molecule has 2 aromatic carbocycles. The number of carbonyl (C=O) groups is 1. The molecule has 0 aliphatic rings. The molecule has 0 radical (unpaired) electrons. The molecule has 6 heteroatoms. The van der Waals surface area contributed by atoms with Crippen LogP contribution in [0.25, 0.3) is 0 Å². The number of benzene rings is 2. The summed E-state index contributed by atoms with van der Waals surface area (Å²) in [5.41, 5.74) is 1.66. The highest BCUT2D eigenvalue weighted by atomic mass is 16.5. The summed E-state index contributed by atoms with van der Waals surface area (Å²) in [7, 11) is 9.63. The number of hydrogen-bond donors (Lipinski definition) is 1. The van der Waals surface area contributed by atoms with Crippen LogP contribution in [-0.2, 0) is 0 Å². The molecule has 2 rings (SSSR count). The van der Waals surface area contributed by atoms with Crippen molar-refractivity contribution in [2.75, 3.05) is 55.0 Å². The molecule has 0 spiro atoms. The molecule has 0 aromatic heterocycles. The summed E-state index contributed by atoms with van der Waals surface area (Å²) >= 11 is 0. The molecule has 1 amide bonds. The monoisotopic (exact) mass is 385 g/mol. The van der Waals surface area contributed by atoms with Crippen molar-refractivity contribution in [2.24, 2.45) is 0 Å². The van der Waals surface area contributed by atoms with Crippen LogP contribution in [0.4, 0.5) is 0 Å². The summed E-state index contributed by atoms with van der Waals surface area (Å²) in [6, 6.07) is 15.3. The Kier molecular flexibility index (Phi) is 8.29. The first-order chi connectivity index (χ1) is 13.4. The number of ether oxygens (including phenoxy) is 2. The molecule has 0 saturated carbocycles. The molecular formula is C22H31N3O3. The molecule has 0 heterocycles. The maximum atomic E-state index is 12.8. The number of rotatable bonds is 10. The second-order valence-electron chi connectivity index (χ2n) is 7.11. The SMILES string of the molecule is COc1ccc(C(CNC(=O)c2ccccc2OCCN(C)C)N(C)C)cc1. The number of carbonyl (C=O) groups excluding carboxylic acids is 1. The molecule has 0 aliphatic carbocycles. The van der Waals surface area contributed by atoms with Crippen LogP contribution in [-0.4, -0.2) is 70.7 Å². The van der Waals surface area contributed by atoms with Crippen LogP contribution < -0.4 is 14.8 Å². The number of methoxy groups -OCH3 is 1. The molecule has 1 unspecified atom stereocenters. The van der Waals surface area contributed by atoms with E-state index in [1.165, 1.54) is 0 Å². The van der Waals surface area contributed by atoms with Gasteiger partial charge in [-0.05, 0) is 58.0 Å². The summed E-state index contributed by atoms with van der Waals surface area (Å²) in [4.78, 5) is 16.9. The Morgan fingerprint density at radius 2 is 1.71 bits per heavy atom. The number of likely N-dealkylation sites (N-methyl/N-ethyl adjacent to an activating group) is 2. The lowest BCUT2D eigenvalue weighted by Crippen LogP contribution is -2.34. The van der Waals surface area contributed by atoms with E-state index in [1.54, 1.807) is 13.2 Å². The zero-order valence-electron chi connectivity index (χ0n) is 17.4. The highest BCUT2D eigenvalue weighted by molar-refractivity contribution is 5.96. The van der Waals surface area contributed by atoms with Crippen LogP contribution in [0.3, 0.4) is 0 Å². The van der Waals surface area contributed by atoms with Crippen molar-refractivity contribution in [2.45, 2.75) is 6.04 Å². The van der Waals surface area contributed by atoms with Gasteiger partial charge >= 0.3 is 0 Å².